The summed E-state index contributed by atoms with van der Waals surface area (Å²) >= 11 is 1.56. The fraction of sp³-hybridized carbons (Fsp3) is 0.737. The SMILES string of the molecule is CSCCC(N)C(=O)NC(CC(C)C)C(=O)NC(C)C(=O)NC(CCC(N)=O)C(=O)O. The van der Waals surface area contributed by atoms with Gasteiger partial charge >= 0.3 is 5.97 Å². The summed E-state index contributed by atoms with van der Waals surface area (Å²) in [4.78, 5) is 59.4. The van der Waals surface area contributed by atoms with Gasteiger partial charge in [-0.2, -0.15) is 11.8 Å². The van der Waals surface area contributed by atoms with Crippen LogP contribution in [-0.4, -0.2) is 70.9 Å². The highest BCUT2D eigenvalue weighted by molar-refractivity contribution is 7.98. The van der Waals surface area contributed by atoms with E-state index in [1.54, 1.807) is 11.8 Å². The molecule has 0 rings (SSSR count). The lowest BCUT2D eigenvalue weighted by molar-refractivity contribution is -0.142. The summed E-state index contributed by atoms with van der Waals surface area (Å²) < 4.78 is 0. The molecule has 0 saturated heterocycles. The zero-order valence-electron chi connectivity index (χ0n) is 18.5. The van der Waals surface area contributed by atoms with Crippen LogP contribution in [0.1, 0.15) is 46.5 Å². The van der Waals surface area contributed by atoms with Crippen LogP contribution in [0, 0.1) is 5.92 Å². The second-order valence-electron chi connectivity index (χ2n) is 7.71. The molecule has 12 heteroatoms. The quantitative estimate of drug-likeness (QED) is 0.177. The van der Waals surface area contributed by atoms with Gasteiger partial charge in [-0.25, -0.2) is 4.79 Å². The Kier molecular flexibility index (Phi) is 13.5. The maximum absolute atomic E-state index is 12.7. The normalized spacial score (nSPS) is 14.8. The Morgan fingerprint density at radius 1 is 0.903 bits per heavy atom. The molecule has 8 N–H and O–H groups in total. The highest BCUT2D eigenvalue weighted by Gasteiger charge is 2.28. The monoisotopic (exact) mass is 461 g/mol. The van der Waals surface area contributed by atoms with Crippen LogP contribution in [0.25, 0.3) is 0 Å². The molecule has 11 nitrogen and oxygen atoms in total. The van der Waals surface area contributed by atoms with E-state index >= 15 is 0 Å². The van der Waals surface area contributed by atoms with Gasteiger partial charge in [0.25, 0.3) is 0 Å². The number of aliphatic carboxylic acids is 1. The summed E-state index contributed by atoms with van der Waals surface area (Å²) in [6, 6.07) is -4.04. The summed E-state index contributed by atoms with van der Waals surface area (Å²) in [7, 11) is 0. The Bertz CT molecular complexity index is 645. The third-order valence-corrected chi connectivity index (χ3v) is 5.00. The molecule has 0 aromatic rings. The van der Waals surface area contributed by atoms with Crippen LogP contribution in [0.4, 0.5) is 0 Å². The number of carbonyl (C=O) groups excluding carboxylic acids is 4. The first-order valence-corrected chi connectivity index (χ1v) is 11.4. The molecule has 0 aromatic heterocycles. The van der Waals surface area contributed by atoms with Gasteiger partial charge < -0.3 is 32.5 Å². The molecule has 31 heavy (non-hydrogen) atoms. The van der Waals surface area contributed by atoms with Crippen molar-refractivity contribution in [2.24, 2.45) is 17.4 Å². The van der Waals surface area contributed by atoms with Crippen molar-refractivity contribution in [3.63, 3.8) is 0 Å². The van der Waals surface area contributed by atoms with Gasteiger partial charge in [0.05, 0.1) is 6.04 Å². The highest BCUT2D eigenvalue weighted by Crippen LogP contribution is 2.07. The van der Waals surface area contributed by atoms with Gasteiger partial charge in [-0.3, -0.25) is 19.2 Å². The minimum atomic E-state index is -1.32. The first kappa shape index (κ1) is 28.7. The van der Waals surface area contributed by atoms with Crippen molar-refractivity contribution in [1.29, 1.82) is 0 Å². The van der Waals surface area contributed by atoms with Crippen LogP contribution in [0.5, 0.6) is 0 Å². The van der Waals surface area contributed by atoms with Gasteiger partial charge in [-0.15, -0.1) is 0 Å². The molecule has 4 amide bonds. The van der Waals surface area contributed by atoms with Crippen LogP contribution in [0.2, 0.25) is 0 Å². The number of nitrogens with one attached hydrogen (secondary N) is 3. The van der Waals surface area contributed by atoms with Gasteiger partial charge in [-0.1, -0.05) is 13.8 Å². The van der Waals surface area contributed by atoms with E-state index in [9.17, 15) is 29.1 Å². The van der Waals surface area contributed by atoms with E-state index < -0.39 is 53.8 Å². The minimum Gasteiger partial charge on any atom is -0.480 e. The molecule has 0 aliphatic carbocycles. The average Bonchev–Trinajstić information content (AvgIpc) is 2.67. The number of amides is 4. The molecule has 0 aromatic carbocycles. The maximum atomic E-state index is 12.7. The Hall–Kier alpha value is -2.34. The second kappa shape index (κ2) is 14.6. The third kappa shape index (κ3) is 12.2. The lowest BCUT2D eigenvalue weighted by Crippen LogP contribution is -2.56. The summed E-state index contributed by atoms with van der Waals surface area (Å²) in [5.74, 6) is -3.01. The van der Waals surface area contributed by atoms with E-state index in [2.05, 4.69) is 16.0 Å². The van der Waals surface area contributed by atoms with E-state index in [-0.39, 0.29) is 18.8 Å². The van der Waals surface area contributed by atoms with Crippen molar-refractivity contribution in [3.05, 3.63) is 0 Å². The van der Waals surface area contributed by atoms with Crippen LogP contribution in [-0.2, 0) is 24.0 Å². The Balaban J connectivity index is 5.01. The first-order valence-electron chi connectivity index (χ1n) is 10.1. The summed E-state index contributed by atoms with van der Waals surface area (Å²) in [5.41, 5.74) is 10.9. The van der Waals surface area contributed by atoms with Crippen molar-refractivity contribution in [2.45, 2.75) is 70.6 Å². The van der Waals surface area contributed by atoms with Crippen LogP contribution >= 0.6 is 11.8 Å². The number of nitrogens with two attached hydrogens (primary N) is 2. The summed E-state index contributed by atoms with van der Waals surface area (Å²) in [5, 5.41) is 16.6. The molecule has 0 fully saturated rings. The highest BCUT2D eigenvalue weighted by atomic mass is 32.2. The average molecular weight is 462 g/mol. The Morgan fingerprint density at radius 2 is 1.48 bits per heavy atom. The summed E-state index contributed by atoms with van der Waals surface area (Å²) in [6.07, 6.45) is 2.31. The number of hydrogen-bond acceptors (Lipinski definition) is 7. The molecule has 0 aliphatic rings. The molecular weight excluding hydrogens is 426 g/mol. The van der Waals surface area contributed by atoms with Crippen molar-refractivity contribution < 1.29 is 29.1 Å². The maximum Gasteiger partial charge on any atom is 0.326 e. The van der Waals surface area contributed by atoms with E-state index in [1.807, 2.05) is 20.1 Å². The fourth-order valence-corrected chi connectivity index (χ4v) is 3.07. The number of carbonyl (C=O) groups is 5. The fourth-order valence-electron chi connectivity index (χ4n) is 2.58. The van der Waals surface area contributed by atoms with Gasteiger partial charge in [0, 0.05) is 6.42 Å². The van der Waals surface area contributed by atoms with E-state index in [0.29, 0.717) is 18.6 Å². The molecule has 4 atom stereocenters. The number of primary amides is 1. The standard InChI is InChI=1S/C19H35N5O6S/c1-10(2)9-14(24-17(27)12(20)7-8-31-4)18(28)22-11(3)16(26)23-13(19(29)30)5-6-15(21)25/h10-14H,5-9,20H2,1-4H3,(H2,21,25)(H,22,28)(H,23,26)(H,24,27)(H,29,30). The molecule has 0 saturated carbocycles. The van der Waals surface area contributed by atoms with E-state index in [0.717, 1.165) is 0 Å². The van der Waals surface area contributed by atoms with Gasteiger partial charge in [0.15, 0.2) is 0 Å². The Labute approximate surface area is 186 Å². The van der Waals surface area contributed by atoms with Crippen molar-refractivity contribution >= 4 is 41.4 Å². The smallest absolute Gasteiger partial charge is 0.326 e. The van der Waals surface area contributed by atoms with Gasteiger partial charge in [0.1, 0.15) is 18.1 Å². The lowest BCUT2D eigenvalue weighted by Gasteiger charge is -2.24. The van der Waals surface area contributed by atoms with Gasteiger partial charge in [0.2, 0.25) is 23.6 Å². The largest absolute Gasteiger partial charge is 0.480 e. The molecule has 0 aliphatic heterocycles. The zero-order chi connectivity index (χ0) is 24.1. The number of rotatable bonds is 15. The number of thioether (sulfide) groups is 1. The van der Waals surface area contributed by atoms with E-state index in [4.69, 9.17) is 11.5 Å². The molecular formula is C19H35N5O6S. The van der Waals surface area contributed by atoms with Crippen molar-refractivity contribution in [3.8, 4) is 0 Å². The van der Waals surface area contributed by atoms with Crippen molar-refractivity contribution in [2.75, 3.05) is 12.0 Å². The minimum absolute atomic E-state index is 0.0767. The first-order chi connectivity index (χ1) is 14.4. The molecule has 4 unspecified atom stereocenters. The number of carboxylic acid groups (broad SMARTS) is 1. The van der Waals surface area contributed by atoms with E-state index in [1.165, 1.54) is 6.92 Å². The molecule has 0 heterocycles. The zero-order valence-corrected chi connectivity index (χ0v) is 19.3. The predicted octanol–water partition coefficient (Wildman–Crippen LogP) is -1.06. The number of hydrogen-bond donors (Lipinski definition) is 6. The summed E-state index contributed by atoms with van der Waals surface area (Å²) in [6.45, 7) is 5.15. The molecule has 0 spiro atoms. The lowest BCUT2D eigenvalue weighted by atomic mass is 10.0. The molecule has 178 valence electrons. The number of carboxylic acids is 1. The van der Waals surface area contributed by atoms with Crippen LogP contribution < -0.4 is 27.4 Å². The second-order valence-corrected chi connectivity index (χ2v) is 8.70. The molecule has 0 bridgehead atoms. The van der Waals surface area contributed by atoms with Crippen LogP contribution in [0.15, 0.2) is 0 Å². The Morgan fingerprint density at radius 3 is 1.97 bits per heavy atom. The van der Waals surface area contributed by atoms with Crippen molar-refractivity contribution in [1.82, 2.24) is 16.0 Å². The predicted molar refractivity (Wildman–Crippen MR) is 118 cm³/mol. The third-order valence-electron chi connectivity index (χ3n) is 4.36. The topological polar surface area (TPSA) is 194 Å². The van der Waals surface area contributed by atoms with Gasteiger partial charge in [-0.05, 0) is 44.1 Å². The van der Waals surface area contributed by atoms with Crippen LogP contribution in [0.3, 0.4) is 0 Å². The molecule has 0 radical (unpaired) electrons.